The van der Waals surface area contributed by atoms with Crippen LogP contribution >= 0.6 is 0 Å². The van der Waals surface area contributed by atoms with E-state index in [0.29, 0.717) is 6.42 Å². The van der Waals surface area contributed by atoms with Crippen molar-refractivity contribution >= 4 is 11.6 Å². The fourth-order valence-electron chi connectivity index (χ4n) is 4.29. The number of nitrogens with one attached hydrogen (secondary N) is 1. The number of fused-ring (bicyclic) bond motifs is 3. The highest BCUT2D eigenvalue weighted by Gasteiger charge is 2.45. The summed E-state index contributed by atoms with van der Waals surface area (Å²) in [6.45, 7) is 2.73. The number of likely N-dealkylation sites (tertiary alicyclic amines) is 1. The molecule has 0 bridgehead atoms. The van der Waals surface area contributed by atoms with Gasteiger partial charge in [0, 0.05) is 35.7 Å². The number of hydrogen-bond acceptors (Lipinski definition) is 3. The van der Waals surface area contributed by atoms with Crippen molar-refractivity contribution in [3.8, 4) is 11.8 Å². The van der Waals surface area contributed by atoms with E-state index in [2.05, 4.69) is 23.2 Å². The van der Waals surface area contributed by atoms with Gasteiger partial charge in [0.15, 0.2) is 0 Å². The molecule has 27 heavy (non-hydrogen) atoms. The van der Waals surface area contributed by atoms with Crippen LogP contribution in [0.4, 0.5) is 5.69 Å². The summed E-state index contributed by atoms with van der Waals surface area (Å²) in [5.74, 6) is 6.85. The largest absolute Gasteiger partial charge is 0.394 e. The van der Waals surface area contributed by atoms with Gasteiger partial charge in [0.2, 0.25) is 5.91 Å². The third kappa shape index (κ3) is 3.31. The van der Waals surface area contributed by atoms with Crippen LogP contribution in [0.25, 0.3) is 0 Å². The van der Waals surface area contributed by atoms with Crippen LogP contribution < -0.4 is 5.32 Å². The SMILES string of the molecule is CCC(=O)N1CC[C@@H]2[C@H](CO)Nc3ccc(C#Cc4ccccc4)cc3[C@@H]21. The zero-order valence-corrected chi connectivity index (χ0v) is 15.5. The highest BCUT2D eigenvalue weighted by Crippen LogP contribution is 2.46. The molecule has 0 radical (unpaired) electrons. The average molecular weight is 360 g/mol. The monoisotopic (exact) mass is 360 g/mol. The van der Waals surface area contributed by atoms with Crippen molar-refractivity contribution in [2.75, 3.05) is 18.5 Å². The molecule has 1 saturated heterocycles. The Kier molecular flexibility index (Phi) is 4.87. The highest BCUT2D eigenvalue weighted by atomic mass is 16.3. The molecule has 1 fully saturated rings. The molecule has 2 aliphatic rings. The lowest BCUT2D eigenvalue weighted by atomic mass is 9.82. The van der Waals surface area contributed by atoms with E-state index in [0.717, 1.165) is 35.3 Å². The molecule has 4 nitrogen and oxygen atoms in total. The lowest BCUT2D eigenvalue weighted by molar-refractivity contribution is -0.132. The third-order valence-corrected chi connectivity index (χ3v) is 5.62. The Balaban J connectivity index is 1.72. The highest BCUT2D eigenvalue weighted by molar-refractivity contribution is 5.77. The van der Waals surface area contributed by atoms with E-state index in [1.54, 1.807) is 0 Å². The van der Waals surface area contributed by atoms with Crippen LogP contribution in [0.1, 0.15) is 42.5 Å². The van der Waals surface area contributed by atoms with E-state index in [4.69, 9.17) is 0 Å². The molecule has 2 N–H and O–H groups in total. The van der Waals surface area contributed by atoms with Crippen molar-refractivity contribution in [3.63, 3.8) is 0 Å². The maximum Gasteiger partial charge on any atom is 0.222 e. The van der Waals surface area contributed by atoms with Gasteiger partial charge in [-0.05, 0) is 42.3 Å². The summed E-state index contributed by atoms with van der Waals surface area (Å²) < 4.78 is 0. The molecular formula is C23H24N2O2. The summed E-state index contributed by atoms with van der Waals surface area (Å²) in [6, 6.07) is 16.1. The standard InChI is InChI=1S/C23H24N2O2/c1-2-22(27)25-13-12-18-21(15-26)24-20-11-10-17(14-19(20)23(18)25)9-8-16-6-4-3-5-7-16/h3-7,10-11,14,18,21,23-24,26H,2,12-13,15H2,1H3/t18-,21+,23-/m1/s1. The molecule has 0 spiro atoms. The predicted molar refractivity (Wildman–Crippen MR) is 106 cm³/mol. The number of carbonyl (C=O) groups is 1. The molecule has 0 aliphatic carbocycles. The van der Waals surface area contributed by atoms with Crippen molar-refractivity contribution in [2.24, 2.45) is 5.92 Å². The van der Waals surface area contributed by atoms with E-state index in [-0.39, 0.29) is 30.5 Å². The summed E-state index contributed by atoms with van der Waals surface area (Å²) in [5, 5.41) is 13.3. The van der Waals surface area contributed by atoms with E-state index >= 15 is 0 Å². The molecule has 4 rings (SSSR count). The lowest BCUT2D eigenvalue weighted by Crippen LogP contribution is -2.42. The van der Waals surface area contributed by atoms with Crippen LogP contribution in [0.5, 0.6) is 0 Å². The first-order chi connectivity index (χ1) is 13.2. The molecule has 2 aromatic rings. The zero-order valence-electron chi connectivity index (χ0n) is 15.5. The van der Waals surface area contributed by atoms with Crippen LogP contribution in [0.3, 0.4) is 0 Å². The van der Waals surface area contributed by atoms with Gasteiger partial charge in [0.1, 0.15) is 0 Å². The number of nitrogens with zero attached hydrogens (tertiary/aromatic N) is 1. The molecule has 4 heteroatoms. The maximum absolute atomic E-state index is 12.5. The first-order valence-electron chi connectivity index (χ1n) is 9.59. The van der Waals surface area contributed by atoms with Crippen molar-refractivity contribution in [2.45, 2.75) is 31.8 Å². The molecule has 138 valence electrons. The van der Waals surface area contributed by atoms with Gasteiger partial charge >= 0.3 is 0 Å². The molecule has 2 aliphatic heterocycles. The summed E-state index contributed by atoms with van der Waals surface area (Å²) in [4.78, 5) is 14.5. The third-order valence-electron chi connectivity index (χ3n) is 5.62. The molecular weight excluding hydrogens is 336 g/mol. The van der Waals surface area contributed by atoms with E-state index in [1.165, 1.54) is 0 Å². The van der Waals surface area contributed by atoms with E-state index in [1.807, 2.05) is 54.3 Å². The quantitative estimate of drug-likeness (QED) is 0.809. The van der Waals surface area contributed by atoms with Gasteiger partial charge in [-0.1, -0.05) is 37.0 Å². The molecule has 2 heterocycles. The van der Waals surface area contributed by atoms with Gasteiger partial charge in [0.25, 0.3) is 0 Å². The second-order valence-corrected chi connectivity index (χ2v) is 7.19. The minimum Gasteiger partial charge on any atom is -0.394 e. The number of anilines is 1. The molecule has 0 saturated carbocycles. The van der Waals surface area contributed by atoms with Gasteiger partial charge in [-0.15, -0.1) is 0 Å². The Bertz CT molecular complexity index is 898. The van der Waals surface area contributed by atoms with Gasteiger partial charge in [-0.25, -0.2) is 0 Å². The van der Waals surface area contributed by atoms with Gasteiger partial charge in [-0.2, -0.15) is 0 Å². The number of amides is 1. The Morgan fingerprint density at radius 3 is 2.70 bits per heavy atom. The fraction of sp³-hybridized carbons (Fsp3) is 0.348. The van der Waals surface area contributed by atoms with E-state index in [9.17, 15) is 9.90 Å². The van der Waals surface area contributed by atoms with Gasteiger partial charge in [0.05, 0.1) is 18.7 Å². The minimum atomic E-state index is -0.0154. The number of aliphatic hydroxyl groups excluding tert-OH is 1. The average Bonchev–Trinajstić information content (AvgIpc) is 3.17. The van der Waals surface area contributed by atoms with Crippen molar-refractivity contribution < 1.29 is 9.90 Å². The Morgan fingerprint density at radius 1 is 1.19 bits per heavy atom. The predicted octanol–water partition coefficient (Wildman–Crippen LogP) is 3.17. The van der Waals surface area contributed by atoms with E-state index < -0.39 is 0 Å². The van der Waals surface area contributed by atoms with Crippen molar-refractivity contribution in [3.05, 3.63) is 65.2 Å². The smallest absolute Gasteiger partial charge is 0.222 e. The first-order valence-corrected chi connectivity index (χ1v) is 9.59. The number of benzene rings is 2. The van der Waals surface area contributed by atoms with Crippen LogP contribution in [-0.4, -0.2) is 35.1 Å². The Labute approximate surface area is 160 Å². The second kappa shape index (κ2) is 7.46. The molecule has 0 unspecified atom stereocenters. The Morgan fingerprint density at radius 2 is 1.96 bits per heavy atom. The minimum absolute atomic E-state index is 0.0154. The van der Waals surface area contributed by atoms with Crippen molar-refractivity contribution in [1.82, 2.24) is 4.90 Å². The summed E-state index contributed by atoms with van der Waals surface area (Å²) in [7, 11) is 0. The van der Waals surface area contributed by atoms with Crippen LogP contribution in [0.15, 0.2) is 48.5 Å². The molecule has 2 aromatic carbocycles. The van der Waals surface area contributed by atoms with Gasteiger partial charge in [-0.3, -0.25) is 4.79 Å². The number of aliphatic hydroxyl groups is 1. The maximum atomic E-state index is 12.5. The Hall–Kier alpha value is -2.77. The van der Waals surface area contributed by atoms with Gasteiger partial charge < -0.3 is 15.3 Å². The fourth-order valence-corrected chi connectivity index (χ4v) is 4.29. The zero-order chi connectivity index (χ0) is 18.8. The van der Waals surface area contributed by atoms with Crippen LogP contribution in [0.2, 0.25) is 0 Å². The molecule has 0 aromatic heterocycles. The topological polar surface area (TPSA) is 52.6 Å². The molecule has 1 amide bonds. The van der Waals surface area contributed by atoms with Crippen molar-refractivity contribution in [1.29, 1.82) is 0 Å². The molecule has 3 atom stereocenters. The number of carbonyl (C=O) groups excluding carboxylic acids is 1. The van der Waals surface area contributed by atoms with Crippen LogP contribution in [-0.2, 0) is 4.79 Å². The lowest BCUT2D eigenvalue weighted by Gasteiger charge is -2.39. The van der Waals surface area contributed by atoms with Crippen LogP contribution in [0, 0.1) is 17.8 Å². The summed E-state index contributed by atoms with van der Waals surface area (Å²) in [5.41, 5.74) is 4.03. The second-order valence-electron chi connectivity index (χ2n) is 7.19. The summed E-state index contributed by atoms with van der Waals surface area (Å²) >= 11 is 0. The number of hydrogen-bond donors (Lipinski definition) is 2. The first kappa shape index (κ1) is 17.6. The summed E-state index contributed by atoms with van der Waals surface area (Å²) in [6.07, 6.45) is 1.41. The number of rotatable bonds is 2. The normalized spacial score (nSPS) is 22.9.